The van der Waals surface area contributed by atoms with Gasteiger partial charge in [-0.25, -0.2) is 0 Å². The number of hydrogen-bond acceptors (Lipinski definition) is 5. The molecule has 2 heterocycles. The smallest absolute Gasteiger partial charge is 0.324 e. The summed E-state index contributed by atoms with van der Waals surface area (Å²) in [5, 5.41) is 19.5. The van der Waals surface area contributed by atoms with Crippen molar-refractivity contribution in [2.75, 3.05) is 6.54 Å². The molecule has 8 heteroatoms. The second-order valence-corrected chi connectivity index (χ2v) is 5.43. The first kappa shape index (κ1) is 13.5. The van der Waals surface area contributed by atoms with E-state index >= 15 is 0 Å². The maximum absolute atomic E-state index is 12.2. The molecule has 1 aromatic heterocycles. The van der Waals surface area contributed by atoms with E-state index in [4.69, 9.17) is 5.11 Å². The molecule has 0 spiro atoms. The van der Waals surface area contributed by atoms with Gasteiger partial charge in [-0.3, -0.25) is 19.7 Å². The first-order chi connectivity index (χ1) is 8.91. The van der Waals surface area contributed by atoms with E-state index < -0.39 is 22.9 Å². The number of amides is 1. The van der Waals surface area contributed by atoms with Crippen LogP contribution in [0.2, 0.25) is 0 Å². The largest absolute Gasteiger partial charge is 0.481 e. The van der Waals surface area contributed by atoms with Crippen LogP contribution < -0.4 is 0 Å². The van der Waals surface area contributed by atoms with Crippen LogP contribution in [0, 0.1) is 16.0 Å². The Morgan fingerprint density at radius 2 is 2.21 bits per heavy atom. The molecule has 1 aliphatic rings. The normalized spacial score (nSPS) is 22.5. The molecule has 1 aromatic rings. The van der Waals surface area contributed by atoms with Crippen LogP contribution in [0.5, 0.6) is 0 Å². The van der Waals surface area contributed by atoms with Gasteiger partial charge < -0.3 is 10.0 Å². The number of carbonyl (C=O) groups excluding carboxylic acids is 1. The molecular weight excluding hydrogens is 272 g/mol. The summed E-state index contributed by atoms with van der Waals surface area (Å²) in [7, 11) is 0. The third-order valence-corrected chi connectivity index (χ3v) is 4.34. The summed E-state index contributed by atoms with van der Waals surface area (Å²) in [5.74, 6) is -1.83. The Bertz CT molecular complexity index is 541. The van der Waals surface area contributed by atoms with Crippen LogP contribution in [-0.2, 0) is 4.79 Å². The number of carboxylic acids is 1. The number of likely N-dealkylation sites (tertiary alicyclic amines) is 1. The van der Waals surface area contributed by atoms with Gasteiger partial charge >= 0.3 is 11.0 Å². The quantitative estimate of drug-likeness (QED) is 0.671. The second-order valence-electron chi connectivity index (χ2n) is 4.37. The van der Waals surface area contributed by atoms with Crippen LogP contribution in [0.25, 0.3) is 0 Å². The van der Waals surface area contributed by atoms with Gasteiger partial charge in [-0.15, -0.1) is 0 Å². The number of carbonyl (C=O) groups is 2. The molecular formula is C11H12N2O5S. The highest BCUT2D eigenvalue weighted by atomic mass is 32.1. The number of nitrogens with zero attached hydrogens (tertiary/aromatic N) is 2. The lowest BCUT2D eigenvalue weighted by Gasteiger charge is -2.22. The molecule has 102 valence electrons. The molecule has 1 fully saturated rings. The molecule has 1 amide bonds. The Kier molecular flexibility index (Phi) is 3.52. The summed E-state index contributed by atoms with van der Waals surface area (Å²) >= 11 is 0.810. The van der Waals surface area contributed by atoms with Gasteiger partial charge in [0.05, 0.1) is 15.7 Å². The van der Waals surface area contributed by atoms with Gasteiger partial charge in [0.1, 0.15) is 0 Å². The topological polar surface area (TPSA) is 101 Å². The van der Waals surface area contributed by atoms with Gasteiger partial charge in [0.25, 0.3) is 5.91 Å². The van der Waals surface area contributed by atoms with Crippen molar-refractivity contribution in [2.45, 2.75) is 19.4 Å². The van der Waals surface area contributed by atoms with Crippen molar-refractivity contribution in [3.8, 4) is 0 Å². The zero-order chi connectivity index (χ0) is 14.2. The lowest BCUT2D eigenvalue weighted by Crippen LogP contribution is -2.37. The summed E-state index contributed by atoms with van der Waals surface area (Å²) in [6.45, 7) is 2.05. The van der Waals surface area contributed by atoms with E-state index in [2.05, 4.69) is 0 Å². The van der Waals surface area contributed by atoms with Crippen molar-refractivity contribution in [3.05, 3.63) is 27.1 Å². The molecule has 2 rings (SSSR count). The van der Waals surface area contributed by atoms with Gasteiger partial charge in [-0.2, -0.15) is 0 Å². The molecule has 1 N–H and O–H groups in total. The monoisotopic (exact) mass is 284 g/mol. The van der Waals surface area contributed by atoms with E-state index in [0.717, 1.165) is 11.3 Å². The molecule has 0 aromatic carbocycles. The minimum atomic E-state index is -0.917. The maximum Gasteiger partial charge on any atom is 0.324 e. The van der Waals surface area contributed by atoms with E-state index in [9.17, 15) is 19.7 Å². The SMILES string of the molecule is CC1C(C(=O)O)CCN1C(=O)c1ccc([N+](=O)[O-])s1. The van der Waals surface area contributed by atoms with Crippen molar-refractivity contribution >= 4 is 28.2 Å². The summed E-state index contributed by atoms with van der Waals surface area (Å²) in [5.41, 5.74) is 0. The van der Waals surface area contributed by atoms with Crippen LogP contribution in [0.15, 0.2) is 12.1 Å². The van der Waals surface area contributed by atoms with E-state index in [1.807, 2.05) is 0 Å². The Hall–Kier alpha value is -1.96. The van der Waals surface area contributed by atoms with Crippen LogP contribution in [0.1, 0.15) is 23.0 Å². The van der Waals surface area contributed by atoms with Gasteiger partial charge in [0, 0.05) is 18.7 Å². The molecule has 0 bridgehead atoms. The van der Waals surface area contributed by atoms with Crippen LogP contribution in [0.3, 0.4) is 0 Å². The predicted molar refractivity (Wildman–Crippen MR) is 67.2 cm³/mol. The van der Waals surface area contributed by atoms with Gasteiger partial charge in [-0.05, 0) is 19.4 Å². The molecule has 7 nitrogen and oxygen atoms in total. The fraction of sp³-hybridized carbons (Fsp3) is 0.455. The van der Waals surface area contributed by atoms with Crippen molar-refractivity contribution < 1.29 is 19.6 Å². The second kappa shape index (κ2) is 4.96. The Morgan fingerprint density at radius 3 is 2.68 bits per heavy atom. The molecule has 0 saturated carbocycles. The van der Waals surface area contributed by atoms with Crippen LogP contribution in [-0.4, -0.2) is 39.4 Å². The lowest BCUT2D eigenvalue weighted by atomic mass is 10.0. The molecule has 0 aliphatic carbocycles. The molecule has 2 unspecified atom stereocenters. The summed E-state index contributed by atoms with van der Waals surface area (Å²) in [6.07, 6.45) is 0.412. The van der Waals surface area contributed by atoms with E-state index in [0.29, 0.717) is 13.0 Å². The maximum atomic E-state index is 12.2. The summed E-state index contributed by atoms with van der Waals surface area (Å²) in [6, 6.07) is 2.30. The van der Waals surface area contributed by atoms with Gasteiger partial charge in [-0.1, -0.05) is 11.3 Å². The summed E-state index contributed by atoms with van der Waals surface area (Å²) < 4.78 is 0. The molecule has 0 radical (unpaired) electrons. The minimum Gasteiger partial charge on any atom is -0.481 e. The average molecular weight is 284 g/mol. The highest BCUT2D eigenvalue weighted by Gasteiger charge is 2.38. The number of thiophene rings is 1. The molecule has 1 aliphatic heterocycles. The van der Waals surface area contributed by atoms with E-state index in [1.54, 1.807) is 6.92 Å². The number of rotatable bonds is 3. The first-order valence-corrected chi connectivity index (χ1v) is 6.51. The Labute approximate surface area is 112 Å². The van der Waals surface area contributed by atoms with Gasteiger partial charge in [0.15, 0.2) is 0 Å². The average Bonchev–Trinajstić information content (AvgIpc) is 2.94. The van der Waals surface area contributed by atoms with Gasteiger partial charge in [0.2, 0.25) is 0 Å². The van der Waals surface area contributed by atoms with Crippen molar-refractivity contribution in [2.24, 2.45) is 5.92 Å². The fourth-order valence-corrected chi connectivity index (χ4v) is 3.02. The fourth-order valence-electron chi connectivity index (χ4n) is 2.24. The van der Waals surface area contributed by atoms with Crippen molar-refractivity contribution in [1.82, 2.24) is 4.90 Å². The lowest BCUT2D eigenvalue weighted by molar-refractivity contribution is -0.380. The molecule has 2 atom stereocenters. The van der Waals surface area contributed by atoms with E-state index in [-0.39, 0.29) is 15.8 Å². The minimum absolute atomic E-state index is 0.0926. The highest BCUT2D eigenvalue weighted by molar-refractivity contribution is 7.17. The number of nitro groups is 1. The Morgan fingerprint density at radius 1 is 1.53 bits per heavy atom. The van der Waals surface area contributed by atoms with Crippen LogP contribution >= 0.6 is 11.3 Å². The van der Waals surface area contributed by atoms with Crippen molar-refractivity contribution in [3.63, 3.8) is 0 Å². The third-order valence-electron chi connectivity index (χ3n) is 3.32. The molecule has 1 saturated heterocycles. The van der Waals surface area contributed by atoms with Crippen LogP contribution in [0.4, 0.5) is 5.00 Å². The van der Waals surface area contributed by atoms with E-state index in [1.165, 1.54) is 17.0 Å². The standard InChI is InChI=1S/C11H12N2O5S/c1-6-7(11(15)16)4-5-12(6)10(14)8-2-3-9(19-8)13(17)18/h2-3,6-7H,4-5H2,1H3,(H,15,16). The zero-order valence-electron chi connectivity index (χ0n) is 10.1. The van der Waals surface area contributed by atoms with Crippen molar-refractivity contribution in [1.29, 1.82) is 0 Å². The predicted octanol–water partition coefficient (Wildman–Crippen LogP) is 1.59. The number of hydrogen-bond donors (Lipinski definition) is 1. The molecule has 19 heavy (non-hydrogen) atoms. The highest BCUT2D eigenvalue weighted by Crippen LogP contribution is 2.30. The number of carboxylic acid groups (broad SMARTS) is 1. The zero-order valence-corrected chi connectivity index (χ0v) is 10.9. The Balaban J connectivity index is 2.16. The third kappa shape index (κ3) is 2.43. The first-order valence-electron chi connectivity index (χ1n) is 5.70. The number of aliphatic carboxylic acids is 1. The summed E-state index contributed by atoms with van der Waals surface area (Å²) in [4.78, 5) is 34.9.